The van der Waals surface area contributed by atoms with Gasteiger partial charge in [0.25, 0.3) is 0 Å². The van der Waals surface area contributed by atoms with E-state index in [4.69, 9.17) is 4.74 Å². The number of ether oxygens (including phenoxy) is 1. The van der Waals surface area contributed by atoms with Crippen LogP contribution in [0.25, 0.3) is 17.0 Å². The SMILES string of the molecule is CCOC(=O)c1cnn2c(-c3cccc(C)n3)ccnc12. The monoisotopic (exact) mass is 282 g/mol. The summed E-state index contributed by atoms with van der Waals surface area (Å²) in [6.07, 6.45) is 3.11. The number of pyridine rings is 1. The number of hydrogen-bond donors (Lipinski definition) is 0. The first-order valence-electron chi connectivity index (χ1n) is 6.64. The third-order valence-electron chi connectivity index (χ3n) is 3.05. The van der Waals surface area contributed by atoms with E-state index in [1.54, 1.807) is 17.6 Å². The van der Waals surface area contributed by atoms with Crippen LogP contribution in [0, 0.1) is 6.92 Å². The maximum Gasteiger partial charge on any atom is 0.343 e. The maximum atomic E-state index is 11.9. The lowest BCUT2D eigenvalue weighted by Gasteiger charge is -2.05. The third kappa shape index (κ3) is 2.35. The summed E-state index contributed by atoms with van der Waals surface area (Å²) in [7, 11) is 0. The Kier molecular flexibility index (Phi) is 3.35. The van der Waals surface area contributed by atoms with Gasteiger partial charge in [-0.15, -0.1) is 0 Å². The molecule has 0 amide bonds. The summed E-state index contributed by atoms with van der Waals surface area (Å²) in [5, 5.41) is 4.24. The normalized spacial score (nSPS) is 10.8. The highest BCUT2D eigenvalue weighted by molar-refractivity contribution is 5.95. The molecule has 0 fully saturated rings. The molecule has 3 heterocycles. The fourth-order valence-electron chi connectivity index (χ4n) is 2.12. The van der Waals surface area contributed by atoms with Gasteiger partial charge in [0.05, 0.1) is 24.2 Å². The molecule has 21 heavy (non-hydrogen) atoms. The Morgan fingerprint density at radius 3 is 2.95 bits per heavy atom. The Morgan fingerprint density at radius 2 is 2.19 bits per heavy atom. The molecule has 6 heteroatoms. The van der Waals surface area contributed by atoms with Crippen LogP contribution in [0.2, 0.25) is 0 Å². The zero-order valence-electron chi connectivity index (χ0n) is 11.8. The smallest absolute Gasteiger partial charge is 0.343 e. The average Bonchev–Trinajstić information content (AvgIpc) is 2.91. The van der Waals surface area contributed by atoms with Gasteiger partial charge in [0.2, 0.25) is 0 Å². The van der Waals surface area contributed by atoms with Gasteiger partial charge in [-0.1, -0.05) is 6.07 Å². The number of aromatic nitrogens is 4. The lowest BCUT2D eigenvalue weighted by molar-refractivity contribution is 0.0528. The molecule has 0 atom stereocenters. The lowest BCUT2D eigenvalue weighted by Crippen LogP contribution is -2.05. The van der Waals surface area contributed by atoms with Gasteiger partial charge in [-0.3, -0.25) is 4.98 Å². The zero-order valence-corrected chi connectivity index (χ0v) is 11.8. The van der Waals surface area contributed by atoms with Gasteiger partial charge in [-0.25, -0.2) is 14.3 Å². The molecule has 0 aromatic carbocycles. The highest BCUT2D eigenvalue weighted by Crippen LogP contribution is 2.19. The minimum Gasteiger partial charge on any atom is -0.462 e. The van der Waals surface area contributed by atoms with Crippen molar-refractivity contribution >= 4 is 11.6 Å². The second kappa shape index (κ2) is 5.32. The molecule has 106 valence electrons. The second-order valence-corrected chi connectivity index (χ2v) is 4.51. The van der Waals surface area contributed by atoms with E-state index < -0.39 is 5.97 Å². The van der Waals surface area contributed by atoms with Crippen molar-refractivity contribution in [2.75, 3.05) is 6.61 Å². The molecule has 0 saturated carbocycles. The highest BCUT2D eigenvalue weighted by atomic mass is 16.5. The van der Waals surface area contributed by atoms with Crippen molar-refractivity contribution in [3.8, 4) is 11.4 Å². The summed E-state index contributed by atoms with van der Waals surface area (Å²) >= 11 is 0. The summed E-state index contributed by atoms with van der Waals surface area (Å²) in [5.41, 5.74) is 3.29. The van der Waals surface area contributed by atoms with Crippen LogP contribution < -0.4 is 0 Å². The number of hydrogen-bond acceptors (Lipinski definition) is 5. The highest BCUT2D eigenvalue weighted by Gasteiger charge is 2.17. The number of aryl methyl sites for hydroxylation is 1. The first kappa shape index (κ1) is 13.2. The van der Waals surface area contributed by atoms with E-state index >= 15 is 0 Å². The van der Waals surface area contributed by atoms with Gasteiger partial charge in [0, 0.05) is 11.9 Å². The molecular formula is C15H14N4O2. The van der Waals surface area contributed by atoms with Crippen LogP contribution in [0.1, 0.15) is 23.0 Å². The number of carbonyl (C=O) groups excluding carboxylic acids is 1. The molecule has 0 aliphatic heterocycles. The van der Waals surface area contributed by atoms with Gasteiger partial charge in [-0.05, 0) is 32.0 Å². The van der Waals surface area contributed by atoms with Crippen molar-refractivity contribution in [2.45, 2.75) is 13.8 Å². The largest absolute Gasteiger partial charge is 0.462 e. The van der Waals surface area contributed by atoms with Gasteiger partial charge < -0.3 is 4.74 Å². The molecule has 0 N–H and O–H groups in total. The van der Waals surface area contributed by atoms with Crippen molar-refractivity contribution in [1.82, 2.24) is 19.6 Å². The van der Waals surface area contributed by atoms with Gasteiger partial charge in [-0.2, -0.15) is 5.10 Å². The molecule has 3 aromatic rings. The molecule has 0 aliphatic rings. The molecule has 6 nitrogen and oxygen atoms in total. The van der Waals surface area contributed by atoms with Gasteiger partial charge in [0.1, 0.15) is 5.56 Å². The van der Waals surface area contributed by atoms with Crippen molar-refractivity contribution in [3.63, 3.8) is 0 Å². The predicted molar refractivity (Wildman–Crippen MR) is 76.9 cm³/mol. The number of rotatable bonds is 3. The predicted octanol–water partition coefficient (Wildman–Crippen LogP) is 2.28. The fraction of sp³-hybridized carbons (Fsp3) is 0.200. The second-order valence-electron chi connectivity index (χ2n) is 4.51. The first-order valence-corrected chi connectivity index (χ1v) is 6.64. The van der Waals surface area contributed by atoms with E-state index in [9.17, 15) is 4.79 Å². The van der Waals surface area contributed by atoms with Crippen LogP contribution in [-0.4, -0.2) is 32.2 Å². The van der Waals surface area contributed by atoms with Crippen molar-refractivity contribution in [1.29, 1.82) is 0 Å². The first-order chi connectivity index (χ1) is 10.2. The number of esters is 1. The van der Waals surface area contributed by atoms with E-state index in [1.165, 1.54) is 6.20 Å². The Morgan fingerprint density at radius 1 is 1.33 bits per heavy atom. The topological polar surface area (TPSA) is 69.4 Å². The maximum absolute atomic E-state index is 11.9. The number of nitrogens with zero attached hydrogens (tertiary/aromatic N) is 4. The number of fused-ring (bicyclic) bond motifs is 1. The van der Waals surface area contributed by atoms with Crippen LogP contribution in [0.4, 0.5) is 0 Å². The van der Waals surface area contributed by atoms with Crippen LogP contribution in [0.5, 0.6) is 0 Å². The summed E-state index contributed by atoms with van der Waals surface area (Å²) in [5.74, 6) is -0.422. The van der Waals surface area contributed by atoms with E-state index in [0.29, 0.717) is 17.8 Å². The summed E-state index contributed by atoms with van der Waals surface area (Å²) in [4.78, 5) is 20.6. The van der Waals surface area contributed by atoms with Crippen molar-refractivity contribution in [3.05, 3.63) is 47.9 Å². The molecule has 0 bridgehead atoms. The molecular weight excluding hydrogens is 268 g/mol. The molecule has 0 unspecified atom stereocenters. The Balaban J connectivity index is 2.16. The molecule has 3 aromatic heterocycles. The minimum absolute atomic E-state index is 0.315. The van der Waals surface area contributed by atoms with Crippen LogP contribution in [0.15, 0.2) is 36.7 Å². The fourth-order valence-corrected chi connectivity index (χ4v) is 2.12. The Bertz CT molecular complexity index is 810. The molecule has 0 aliphatic carbocycles. The standard InChI is InChI=1S/C15H14N4O2/c1-3-21-15(20)11-9-17-19-13(7-8-16-14(11)19)12-6-4-5-10(2)18-12/h4-9H,3H2,1-2H3. The minimum atomic E-state index is -0.422. The summed E-state index contributed by atoms with van der Waals surface area (Å²) in [6, 6.07) is 7.57. The van der Waals surface area contributed by atoms with Gasteiger partial charge in [0.15, 0.2) is 5.65 Å². The summed E-state index contributed by atoms with van der Waals surface area (Å²) < 4.78 is 6.62. The Hall–Kier alpha value is -2.76. The van der Waals surface area contributed by atoms with Crippen LogP contribution >= 0.6 is 0 Å². The zero-order chi connectivity index (χ0) is 14.8. The van der Waals surface area contributed by atoms with Crippen molar-refractivity contribution in [2.24, 2.45) is 0 Å². The van der Waals surface area contributed by atoms with Crippen LogP contribution in [0.3, 0.4) is 0 Å². The molecule has 3 rings (SSSR count). The van der Waals surface area contributed by atoms with Gasteiger partial charge >= 0.3 is 5.97 Å². The Labute approximate surface area is 121 Å². The quantitative estimate of drug-likeness (QED) is 0.689. The van der Waals surface area contributed by atoms with Crippen LogP contribution in [-0.2, 0) is 4.74 Å². The van der Waals surface area contributed by atoms with E-state index in [0.717, 1.165) is 17.1 Å². The lowest BCUT2D eigenvalue weighted by atomic mass is 10.2. The molecule has 0 radical (unpaired) electrons. The third-order valence-corrected chi connectivity index (χ3v) is 3.05. The molecule has 0 spiro atoms. The van der Waals surface area contributed by atoms with E-state index in [2.05, 4.69) is 15.1 Å². The average molecular weight is 282 g/mol. The van der Waals surface area contributed by atoms with Crippen molar-refractivity contribution < 1.29 is 9.53 Å². The van der Waals surface area contributed by atoms with E-state index in [1.807, 2.05) is 31.2 Å². The summed E-state index contributed by atoms with van der Waals surface area (Å²) in [6.45, 7) is 4.00. The molecule has 0 saturated heterocycles. The number of carbonyl (C=O) groups is 1. The van der Waals surface area contributed by atoms with E-state index in [-0.39, 0.29) is 0 Å².